The van der Waals surface area contributed by atoms with E-state index < -0.39 is 0 Å². The number of urea groups is 1. The Hall–Kier alpha value is -2.57. The molecule has 180 valence electrons. The van der Waals surface area contributed by atoms with Crippen molar-refractivity contribution in [1.29, 1.82) is 0 Å². The number of anilines is 1. The Kier molecular flexibility index (Phi) is 7.25. The van der Waals surface area contributed by atoms with Gasteiger partial charge in [0.15, 0.2) is 0 Å². The third-order valence-corrected chi connectivity index (χ3v) is 7.64. The maximum absolute atomic E-state index is 12.8. The second-order valence-corrected chi connectivity index (χ2v) is 10.5. The maximum atomic E-state index is 12.8. The molecule has 0 radical (unpaired) electrons. The molecule has 4 saturated carbocycles. The maximum Gasteiger partial charge on any atom is 0.315 e. The molecule has 4 aliphatic carbocycles. The van der Waals surface area contributed by atoms with Gasteiger partial charge in [0.05, 0.1) is 6.54 Å². The van der Waals surface area contributed by atoms with Gasteiger partial charge in [-0.15, -0.1) is 0 Å². The number of amides is 4. The predicted octanol–water partition coefficient (Wildman–Crippen LogP) is 3.83. The highest BCUT2D eigenvalue weighted by molar-refractivity contribution is 5.95. The Balaban J connectivity index is 1.22. The molecule has 4 fully saturated rings. The zero-order valence-corrected chi connectivity index (χ0v) is 20.0. The standard InChI is InChI=1S/C26H38N4O3/c1-3-10-30(17-23(31)28-22-7-5-4-6-18(22)2)24(32)8-9-27-25(33)29-26-14-19-11-20(15-26)13-21(12-19)16-26/h4-7,19-21H,3,8-17H2,1-2H3,(H,28,31)(H2,27,29,33). The van der Waals surface area contributed by atoms with Crippen LogP contribution in [0.2, 0.25) is 0 Å². The smallest absolute Gasteiger partial charge is 0.315 e. The van der Waals surface area contributed by atoms with E-state index in [0.717, 1.165) is 54.7 Å². The van der Waals surface area contributed by atoms with Gasteiger partial charge in [0.25, 0.3) is 0 Å². The highest BCUT2D eigenvalue weighted by Gasteiger charge is 2.51. The average molecular weight is 455 g/mol. The quantitative estimate of drug-likeness (QED) is 0.530. The van der Waals surface area contributed by atoms with Gasteiger partial charge in [-0.05, 0) is 81.3 Å². The Morgan fingerprint density at radius 1 is 1.03 bits per heavy atom. The molecule has 1 aromatic rings. The zero-order chi connectivity index (χ0) is 23.4. The average Bonchev–Trinajstić information content (AvgIpc) is 2.73. The highest BCUT2D eigenvalue weighted by Crippen LogP contribution is 2.55. The lowest BCUT2D eigenvalue weighted by Gasteiger charge is -2.56. The number of nitrogens with zero attached hydrogens (tertiary/aromatic N) is 1. The molecule has 0 aliphatic heterocycles. The lowest BCUT2D eigenvalue weighted by Crippen LogP contribution is -2.61. The molecule has 0 heterocycles. The van der Waals surface area contributed by atoms with Crippen LogP contribution in [0.4, 0.5) is 10.5 Å². The molecule has 1 aromatic carbocycles. The van der Waals surface area contributed by atoms with E-state index in [4.69, 9.17) is 0 Å². The molecule has 3 N–H and O–H groups in total. The summed E-state index contributed by atoms with van der Waals surface area (Å²) in [6, 6.07) is 7.42. The molecule has 7 heteroatoms. The van der Waals surface area contributed by atoms with Crippen molar-refractivity contribution in [2.24, 2.45) is 17.8 Å². The summed E-state index contributed by atoms with van der Waals surface area (Å²) in [7, 11) is 0. The third-order valence-electron chi connectivity index (χ3n) is 7.64. The molecule has 7 nitrogen and oxygen atoms in total. The Morgan fingerprint density at radius 2 is 1.67 bits per heavy atom. The summed E-state index contributed by atoms with van der Waals surface area (Å²) in [5.41, 5.74) is 1.70. The topological polar surface area (TPSA) is 90.5 Å². The van der Waals surface area contributed by atoms with Crippen LogP contribution >= 0.6 is 0 Å². The van der Waals surface area contributed by atoms with E-state index in [2.05, 4.69) is 16.0 Å². The van der Waals surface area contributed by atoms with E-state index in [1.165, 1.54) is 19.3 Å². The molecule has 5 rings (SSSR count). The lowest BCUT2D eigenvalue weighted by molar-refractivity contribution is -0.134. The largest absolute Gasteiger partial charge is 0.338 e. The van der Waals surface area contributed by atoms with Crippen molar-refractivity contribution in [3.05, 3.63) is 29.8 Å². The Morgan fingerprint density at radius 3 is 2.27 bits per heavy atom. The van der Waals surface area contributed by atoms with E-state index in [-0.39, 0.29) is 42.9 Å². The molecule has 0 saturated heterocycles. The van der Waals surface area contributed by atoms with Crippen LogP contribution in [-0.4, -0.2) is 47.9 Å². The number of rotatable bonds is 9. The molecular weight excluding hydrogens is 416 g/mol. The molecule has 4 aliphatic rings. The van der Waals surface area contributed by atoms with Crippen molar-refractivity contribution in [1.82, 2.24) is 15.5 Å². The van der Waals surface area contributed by atoms with Crippen LogP contribution in [-0.2, 0) is 9.59 Å². The summed E-state index contributed by atoms with van der Waals surface area (Å²) in [6.07, 6.45) is 8.27. The third kappa shape index (κ3) is 5.87. The molecule has 0 aromatic heterocycles. The van der Waals surface area contributed by atoms with Gasteiger partial charge in [-0.2, -0.15) is 0 Å². The van der Waals surface area contributed by atoms with Gasteiger partial charge in [0.1, 0.15) is 0 Å². The van der Waals surface area contributed by atoms with E-state index in [1.54, 1.807) is 4.90 Å². The number of nitrogens with one attached hydrogen (secondary N) is 3. The summed E-state index contributed by atoms with van der Waals surface area (Å²) >= 11 is 0. The van der Waals surface area contributed by atoms with Crippen LogP contribution in [0.1, 0.15) is 63.9 Å². The summed E-state index contributed by atoms with van der Waals surface area (Å²) in [4.78, 5) is 39.4. The fourth-order valence-electron chi connectivity index (χ4n) is 6.63. The predicted molar refractivity (Wildman–Crippen MR) is 129 cm³/mol. The molecule has 4 amide bonds. The van der Waals surface area contributed by atoms with E-state index in [9.17, 15) is 14.4 Å². The van der Waals surface area contributed by atoms with Gasteiger partial charge in [-0.3, -0.25) is 9.59 Å². The monoisotopic (exact) mass is 454 g/mol. The van der Waals surface area contributed by atoms with Crippen molar-refractivity contribution in [2.75, 3.05) is 25.0 Å². The van der Waals surface area contributed by atoms with Crippen molar-refractivity contribution in [3.63, 3.8) is 0 Å². The number of carbonyl (C=O) groups is 3. The molecule has 33 heavy (non-hydrogen) atoms. The van der Waals surface area contributed by atoms with E-state index >= 15 is 0 Å². The van der Waals surface area contributed by atoms with E-state index in [0.29, 0.717) is 6.54 Å². The SMILES string of the molecule is CCCN(CC(=O)Nc1ccccc1C)C(=O)CCNC(=O)NC12CC3CC(CC(C3)C1)C2. The summed E-state index contributed by atoms with van der Waals surface area (Å²) < 4.78 is 0. The number of carbonyl (C=O) groups excluding carboxylic acids is 3. The number of hydrogen-bond acceptors (Lipinski definition) is 3. The van der Waals surface area contributed by atoms with Crippen molar-refractivity contribution in [3.8, 4) is 0 Å². The zero-order valence-electron chi connectivity index (χ0n) is 20.0. The van der Waals surface area contributed by atoms with Crippen molar-refractivity contribution >= 4 is 23.5 Å². The Bertz CT molecular complexity index is 849. The summed E-state index contributed by atoms with van der Waals surface area (Å²) in [6.45, 7) is 4.72. The minimum atomic E-state index is -0.210. The normalized spacial score (nSPS) is 27.2. The number of aryl methyl sites for hydroxylation is 1. The van der Waals surface area contributed by atoms with Gasteiger partial charge < -0.3 is 20.9 Å². The van der Waals surface area contributed by atoms with E-state index in [1.807, 2.05) is 38.1 Å². The minimum Gasteiger partial charge on any atom is -0.338 e. The molecule has 0 atom stereocenters. The number of para-hydroxylation sites is 1. The fraction of sp³-hybridized carbons (Fsp3) is 0.654. The van der Waals surface area contributed by atoms with Gasteiger partial charge in [-0.25, -0.2) is 4.79 Å². The fourth-order valence-corrected chi connectivity index (χ4v) is 6.63. The summed E-state index contributed by atoms with van der Waals surface area (Å²) in [5.74, 6) is 1.98. The van der Waals surface area contributed by atoms with Crippen LogP contribution < -0.4 is 16.0 Å². The molecular formula is C26H38N4O3. The van der Waals surface area contributed by atoms with Crippen LogP contribution in [0.5, 0.6) is 0 Å². The molecule has 0 spiro atoms. The lowest BCUT2D eigenvalue weighted by atomic mass is 9.53. The second kappa shape index (κ2) is 10.1. The van der Waals surface area contributed by atoms with Gasteiger partial charge >= 0.3 is 6.03 Å². The molecule has 0 unspecified atom stereocenters. The van der Waals surface area contributed by atoms with Gasteiger partial charge in [-0.1, -0.05) is 25.1 Å². The first-order valence-electron chi connectivity index (χ1n) is 12.5. The van der Waals surface area contributed by atoms with Crippen molar-refractivity contribution < 1.29 is 14.4 Å². The first-order valence-corrected chi connectivity index (χ1v) is 12.5. The highest BCUT2D eigenvalue weighted by atomic mass is 16.2. The van der Waals surface area contributed by atoms with Gasteiger partial charge in [0.2, 0.25) is 11.8 Å². The van der Waals surface area contributed by atoms with Crippen LogP contribution in [0.3, 0.4) is 0 Å². The number of benzene rings is 1. The first-order chi connectivity index (χ1) is 15.9. The van der Waals surface area contributed by atoms with Crippen molar-refractivity contribution in [2.45, 2.75) is 70.8 Å². The number of hydrogen-bond donors (Lipinski definition) is 3. The summed E-state index contributed by atoms with van der Waals surface area (Å²) in [5, 5.41) is 9.05. The Labute approximate surface area is 197 Å². The first kappa shape index (κ1) is 23.6. The van der Waals surface area contributed by atoms with Crippen LogP contribution in [0.15, 0.2) is 24.3 Å². The minimum absolute atomic E-state index is 0.0144. The van der Waals surface area contributed by atoms with Crippen LogP contribution in [0, 0.1) is 24.7 Å². The molecule has 4 bridgehead atoms. The van der Waals surface area contributed by atoms with Crippen LogP contribution in [0.25, 0.3) is 0 Å². The second-order valence-electron chi connectivity index (χ2n) is 10.5. The van der Waals surface area contributed by atoms with Gasteiger partial charge in [0, 0.05) is 30.7 Å².